The van der Waals surface area contributed by atoms with Crippen molar-refractivity contribution in [1.29, 1.82) is 0 Å². The molecule has 0 aliphatic carbocycles. The fraction of sp³-hybridized carbons (Fsp3) is 0.0833. The Bertz CT molecular complexity index is 593. The van der Waals surface area contributed by atoms with Gasteiger partial charge in [0.1, 0.15) is 4.88 Å². The van der Waals surface area contributed by atoms with Gasteiger partial charge in [0.15, 0.2) is 0 Å². The quantitative estimate of drug-likeness (QED) is 0.890. The zero-order valence-corrected chi connectivity index (χ0v) is 10.3. The summed E-state index contributed by atoms with van der Waals surface area (Å²) in [5.41, 5.74) is 1.53. The highest BCUT2D eigenvalue weighted by molar-refractivity contribution is 7.12. The Balaban J connectivity index is 2.27. The summed E-state index contributed by atoms with van der Waals surface area (Å²) in [4.78, 5) is 26.9. The lowest BCUT2D eigenvalue weighted by atomic mass is 10.2. The van der Waals surface area contributed by atoms with E-state index in [1.807, 2.05) is 0 Å². The van der Waals surface area contributed by atoms with Crippen molar-refractivity contribution < 1.29 is 14.7 Å². The molecule has 2 aromatic heterocycles. The van der Waals surface area contributed by atoms with E-state index in [-0.39, 0.29) is 10.8 Å². The fourth-order valence-electron chi connectivity index (χ4n) is 1.45. The Morgan fingerprint density at radius 1 is 1.33 bits per heavy atom. The first-order valence-corrected chi connectivity index (χ1v) is 6.00. The van der Waals surface area contributed by atoms with Crippen LogP contribution in [-0.2, 0) is 0 Å². The summed E-state index contributed by atoms with van der Waals surface area (Å²) < 4.78 is 0. The summed E-state index contributed by atoms with van der Waals surface area (Å²) >= 11 is 1.09. The van der Waals surface area contributed by atoms with Crippen LogP contribution in [0, 0.1) is 6.92 Å². The maximum Gasteiger partial charge on any atom is 0.348 e. The monoisotopic (exact) mass is 262 g/mol. The number of amides is 1. The molecule has 0 atom stereocenters. The lowest BCUT2D eigenvalue weighted by Crippen LogP contribution is -2.14. The highest BCUT2D eigenvalue weighted by atomic mass is 32.1. The van der Waals surface area contributed by atoms with Crippen molar-refractivity contribution in [3.63, 3.8) is 0 Å². The predicted octanol–water partition coefficient (Wildman–Crippen LogP) is 2.40. The number of thiophene rings is 1. The molecule has 0 saturated heterocycles. The van der Waals surface area contributed by atoms with Crippen LogP contribution in [0.25, 0.3) is 0 Å². The van der Waals surface area contributed by atoms with Crippen molar-refractivity contribution in [2.24, 2.45) is 0 Å². The molecular weight excluding hydrogens is 252 g/mol. The molecule has 2 rings (SSSR count). The zero-order valence-electron chi connectivity index (χ0n) is 9.51. The number of hydrogen-bond donors (Lipinski definition) is 2. The number of hydrogen-bond acceptors (Lipinski definition) is 4. The number of carbonyl (C=O) groups excluding carboxylic acids is 1. The number of nitrogens with one attached hydrogen (secondary N) is 1. The van der Waals surface area contributed by atoms with Crippen LogP contribution >= 0.6 is 11.3 Å². The van der Waals surface area contributed by atoms with Gasteiger partial charge >= 0.3 is 5.97 Å². The second-order valence-corrected chi connectivity index (χ2v) is 4.50. The molecule has 5 nitrogen and oxygen atoms in total. The number of rotatable bonds is 3. The van der Waals surface area contributed by atoms with Gasteiger partial charge in [0, 0.05) is 18.0 Å². The van der Waals surface area contributed by atoms with Gasteiger partial charge in [0.05, 0.1) is 5.69 Å². The van der Waals surface area contributed by atoms with Crippen molar-refractivity contribution in [3.8, 4) is 0 Å². The van der Waals surface area contributed by atoms with Crippen LogP contribution in [0.5, 0.6) is 0 Å². The Labute approximate surface area is 107 Å². The molecule has 0 aliphatic rings. The maximum absolute atomic E-state index is 11.9. The van der Waals surface area contributed by atoms with Gasteiger partial charge in [0.25, 0.3) is 5.91 Å². The number of aromatic nitrogens is 1. The standard InChI is InChI=1S/C12H10N2O3S/c1-7-6-18-10(12(16)17)9(7)14-11(15)8-2-4-13-5-3-8/h2-6H,1H3,(H,14,15)(H,16,17). The summed E-state index contributed by atoms with van der Waals surface area (Å²) in [5.74, 6) is -1.39. The molecule has 18 heavy (non-hydrogen) atoms. The minimum atomic E-state index is -1.04. The number of anilines is 1. The molecule has 0 bridgehead atoms. The summed E-state index contributed by atoms with van der Waals surface area (Å²) in [6, 6.07) is 3.13. The van der Waals surface area contributed by atoms with E-state index in [0.29, 0.717) is 11.3 Å². The van der Waals surface area contributed by atoms with Gasteiger partial charge in [0.2, 0.25) is 0 Å². The number of aromatic carboxylic acids is 1. The molecule has 6 heteroatoms. The summed E-state index contributed by atoms with van der Waals surface area (Å²) in [6.45, 7) is 1.76. The van der Waals surface area contributed by atoms with Crippen molar-refractivity contribution in [2.45, 2.75) is 6.92 Å². The lowest BCUT2D eigenvalue weighted by Gasteiger charge is -2.05. The maximum atomic E-state index is 11.9. The minimum absolute atomic E-state index is 0.134. The third kappa shape index (κ3) is 2.38. The predicted molar refractivity (Wildman–Crippen MR) is 68.2 cm³/mol. The lowest BCUT2D eigenvalue weighted by molar-refractivity contribution is 0.0703. The molecular formula is C12H10N2O3S. The number of carboxylic acid groups (broad SMARTS) is 1. The Morgan fingerprint density at radius 2 is 2.00 bits per heavy atom. The molecule has 2 heterocycles. The first-order chi connectivity index (χ1) is 8.59. The molecule has 0 aliphatic heterocycles. The molecule has 92 valence electrons. The van der Waals surface area contributed by atoms with E-state index in [9.17, 15) is 9.59 Å². The van der Waals surface area contributed by atoms with Gasteiger partial charge in [-0.05, 0) is 30.0 Å². The van der Waals surface area contributed by atoms with E-state index < -0.39 is 5.97 Å². The first-order valence-electron chi connectivity index (χ1n) is 5.12. The van der Waals surface area contributed by atoms with Crippen molar-refractivity contribution in [2.75, 3.05) is 5.32 Å². The van der Waals surface area contributed by atoms with Gasteiger partial charge < -0.3 is 10.4 Å². The van der Waals surface area contributed by atoms with E-state index in [1.54, 1.807) is 24.4 Å². The van der Waals surface area contributed by atoms with Crippen molar-refractivity contribution in [1.82, 2.24) is 4.98 Å². The smallest absolute Gasteiger partial charge is 0.348 e. The molecule has 0 unspecified atom stereocenters. The van der Waals surface area contributed by atoms with E-state index in [1.165, 1.54) is 12.4 Å². The average Bonchev–Trinajstić information content (AvgIpc) is 2.72. The highest BCUT2D eigenvalue weighted by Crippen LogP contribution is 2.27. The number of carbonyl (C=O) groups is 2. The number of carboxylic acids is 1. The van der Waals surface area contributed by atoms with E-state index in [2.05, 4.69) is 10.3 Å². The van der Waals surface area contributed by atoms with Gasteiger partial charge in [-0.25, -0.2) is 4.79 Å². The molecule has 2 aromatic rings. The van der Waals surface area contributed by atoms with Crippen LogP contribution in [-0.4, -0.2) is 22.0 Å². The second kappa shape index (κ2) is 4.97. The number of nitrogens with zero attached hydrogens (tertiary/aromatic N) is 1. The Kier molecular flexibility index (Phi) is 3.38. The largest absolute Gasteiger partial charge is 0.477 e. The van der Waals surface area contributed by atoms with Gasteiger partial charge in [-0.15, -0.1) is 11.3 Å². The number of pyridine rings is 1. The fourth-order valence-corrected chi connectivity index (χ4v) is 2.29. The third-order valence-corrected chi connectivity index (χ3v) is 3.44. The van der Waals surface area contributed by atoms with Crippen LogP contribution in [0.15, 0.2) is 29.9 Å². The summed E-state index contributed by atoms with van der Waals surface area (Å²) in [6.07, 6.45) is 3.01. The molecule has 0 fully saturated rings. The molecule has 2 N–H and O–H groups in total. The SMILES string of the molecule is Cc1csc(C(=O)O)c1NC(=O)c1ccncc1. The first kappa shape index (κ1) is 12.3. The molecule has 0 radical (unpaired) electrons. The van der Waals surface area contributed by atoms with Crippen LogP contribution in [0.1, 0.15) is 25.6 Å². The van der Waals surface area contributed by atoms with Gasteiger partial charge in [-0.1, -0.05) is 0 Å². The third-order valence-electron chi connectivity index (χ3n) is 2.35. The highest BCUT2D eigenvalue weighted by Gasteiger charge is 2.17. The van der Waals surface area contributed by atoms with E-state index in [0.717, 1.165) is 16.9 Å². The second-order valence-electron chi connectivity index (χ2n) is 3.62. The average molecular weight is 262 g/mol. The Hall–Kier alpha value is -2.21. The topological polar surface area (TPSA) is 79.3 Å². The number of aryl methyl sites for hydroxylation is 1. The summed E-state index contributed by atoms with van der Waals surface area (Å²) in [7, 11) is 0. The van der Waals surface area contributed by atoms with Crippen LogP contribution in [0.4, 0.5) is 5.69 Å². The molecule has 1 amide bonds. The van der Waals surface area contributed by atoms with E-state index >= 15 is 0 Å². The van der Waals surface area contributed by atoms with Crippen LogP contribution < -0.4 is 5.32 Å². The van der Waals surface area contributed by atoms with E-state index in [4.69, 9.17) is 5.11 Å². The Morgan fingerprint density at radius 3 is 2.61 bits per heavy atom. The van der Waals surface area contributed by atoms with Crippen molar-refractivity contribution in [3.05, 3.63) is 45.9 Å². The van der Waals surface area contributed by atoms with Crippen LogP contribution in [0.2, 0.25) is 0 Å². The zero-order chi connectivity index (χ0) is 13.1. The van der Waals surface area contributed by atoms with Crippen molar-refractivity contribution >= 4 is 28.9 Å². The molecule has 0 spiro atoms. The van der Waals surface area contributed by atoms with Gasteiger partial charge in [-0.2, -0.15) is 0 Å². The van der Waals surface area contributed by atoms with Gasteiger partial charge in [-0.3, -0.25) is 9.78 Å². The van der Waals surface area contributed by atoms with Crippen LogP contribution in [0.3, 0.4) is 0 Å². The summed E-state index contributed by atoms with van der Waals surface area (Å²) in [5, 5.41) is 13.3. The molecule has 0 aromatic carbocycles. The minimum Gasteiger partial charge on any atom is -0.477 e. The normalized spacial score (nSPS) is 10.1. The molecule has 0 saturated carbocycles.